The lowest BCUT2D eigenvalue weighted by Gasteiger charge is -2.10. The first-order valence-electron chi connectivity index (χ1n) is 9.53. The summed E-state index contributed by atoms with van der Waals surface area (Å²) in [6, 6.07) is 8.87. The quantitative estimate of drug-likeness (QED) is 0.315. The fraction of sp³-hybridized carbons (Fsp3) is 0.273. The first-order chi connectivity index (χ1) is 14.5. The molecule has 0 aliphatic rings. The highest BCUT2D eigenvalue weighted by Crippen LogP contribution is 2.28. The minimum atomic E-state index is -0.326. The van der Waals surface area contributed by atoms with Gasteiger partial charge >= 0.3 is 0 Å². The molecule has 0 spiro atoms. The lowest BCUT2D eigenvalue weighted by molar-refractivity contribution is -0.121. The maximum Gasteiger partial charge on any atom is 0.240 e. The number of nitrogens with zero attached hydrogens (tertiary/aromatic N) is 2. The van der Waals surface area contributed by atoms with E-state index in [2.05, 4.69) is 15.5 Å². The number of hydrazone groups is 1. The van der Waals surface area contributed by atoms with Crippen molar-refractivity contribution in [2.24, 2.45) is 5.10 Å². The average Bonchev–Trinajstić information content (AvgIpc) is 3.20. The number of carbonyl (C=O) groups excluding carboxylic acids is 2. The molecule has 8 heteroatoms. The van der Waals surface area contributed by atoms with Crippen molar-refractivity contribution in [2.75, 3.05) is 13.7 Å². The number of hydrogen-bond acceptors (Lipinski definition) is 7. The maximum atomic E-state index is 12.4. The van der Waals surface area contributed by atoms with E-state index in [0.29, 0.717) is 29.4 Å². The minimum Gasteiger partial charge on any atom is -0.493 e. The highest BCUT2D eigenvalue weighted by Gasteiger charge is 2.13. The Morgan fingerprint density at radius 3 is 2.80 bits per heavy atom. The van der Waals surface area contributed by atoms with Crippen LogP contribution in [0.2, 0.25) is 0 Å². The van der Waals surface area contributed by atoms with Crippen LogP contribution in [0.5, 0.6) is 11.5 Å². The number of pyridine rings is 1. The van der Waals surface area contributed by atoms with Crippen LogP contribution in [-0.4, -0.2) is 36.1 Å². The lowest BCUT2D eigenvalue weighted by Crippen LogP contribution is -2.20. The van der Waals surface area contributed by atoms with Crippen molar-refractivity contribution in [3.63, 3.8) is 0 Å². The summed E-state index contributed by atoms with van der Waals surface area (Å²) in [7, 11) is 1.52. The molecule has 0 saturated carbocycles. The molecule has 0 bridgehead atoms. The molecular formula is C22H23N3O4S. The van der Waals surface area contributed by atoms with E-state index in [1.165, 1.54) is 7.11 Å². The number of methoxy groups -OCH3 is 1. The van der Waals surface area contributed by atoms with Crippen molar-refractivity contribution in [3.8, 4) is 11.5 Å². The van der Waals surface area contributed by atoms with Gasteiger partial charge in [0.25, 0.3) is 0 Å². The van der Waals surface area contributed by atoms with Crippen molar-refractivity contribution in [3.05, 3.63) is 53.0 Å². The van der Waals surface area contributed by atoms with Gasteiger partial charge in [-0.15, -0.1) is 11.3 Å². The SMILES string of the molecule is CCOc1ccc(C(=O)CCC(=O)N/N=C(\C)c2csc3cccnc23)cc1OC. The van der Waals surface area contributed by atoms with Gasteiger partial charge in [-0.2, -0.15) is 5.10 Å². The van der Waals surface area contributed by atoms with Crippen LogP contribution in [0.3, 0.4) is 0 Å². The number of ether oxygens (including phenoxy) is 2. The number of fused-ring (bicyclic) bond motifs is 1. The summed E-state index contributed by atoms with van der Waals surface area (Å²) >= 11 is 1.58. The van der Waals surface area contributed by atoms with E-state index in [1.54, 1.807) is 35.7 Å². The Hall–Kier alpha value is -3.26. The Morgan fingerprint density at radius 1 is 1.20 bits per heavy atom. The number of hydrogen-bond donors (Lipinski definition) is 1. The largest absolute Gasteiger partial charge is 0.493 e. The Balaban J connectivity index is 1.57. The van der Waals surface area contributed by atoms with Crippen LogP contribution in [0.1, 0.15) is 42.6 Å². The van der Waals surface area contributed by atoms with Crippen LogP contribution in [-0.2, 0) is 4.79 Å². The molecule has 3 aromatic rings. The van der Waals surface area contributed by atoms with E-state index in [-0.39, 0.29) is 24.5 Å². The molecule has 1 aromatic carbocycles. The van der Waals surface area contributed by atoms with Gasteiger partial charge in [0.05, 0.1) is 29.6 Å². The molecule has 0 radical (unpaired) electrons. The monoisotopic (exact) mass is 425 g/mol. The first-order valence-corrected chi connectivity index (χ1v) is 10.4. The van der Waals surface area contributed by atoms with E-state index in [1.807, 2.05) is 31.4 Å². The van der Waals surface area contributed by atoms with Gasteiger partial charge in [0.1, 0.15) is 0 Å². The smallest absolute Gasteiger partial charge is 0.240 e. The number of carbonyl (C=O) groups is 2. The number of thiophene rings is 1. The zero-order valence-corrected chi connectivity index (χ0v) is 17.9. The van der Waals surface area contributed by atoms with Crippen molar-refractivity contribution in [1.29, 1.82) is 0 Å². The molecule has 156 valence electrons. The molecule has 0 fully saturated rings. The summed E-state index contributed by atoms with van der Waals surface area (Å²) in [4.78, 5) is 29.0. The summed E-state index contributed by atoms with van der Waals surface area (Å²) in [6.45, 7) is 4.19. The summed E-state index contributed by atoms with van der Waals surface area (Å²) in [5, 5.41) is 6.13. The van der Waals surface area contributed by atoms with Crippen LogP contribution < -0.4 is 14.9 Å². The molecule has 1 N–H and O–H groups in total. The van der Waals surface area contributed by atoms with Crippen LogP contribution in [0.15, 0.2) is 47.0 Å². The molecule has 0 atom stereocenters. The summed E-state index contributed by atoms with van der Waals surface area (Å²) in [6.07, 6.45) is 1.83. The van der Waals surface area contributed by atoms with Crippen molar-refractivity contribution < 1.29 is 19.1 Å². The zero-order valence-electron chi connectivity index (χ0n) is 17.1. The predicted molar refractivity (Wildman–Crippen MR) is 118 cm³/mol. The van der Waals surface area contributed by atoms with Crippen LogP contribution in [0.25, 0.3) is 10.2 Å². The third-order valence-corrected chi connectivity index (χ3v) is 5.37. The van der Waals surface area contributed by atoms with Gasteiger partial charge < -0.3 is 9.47 Å². The fourth-order valence-corrected chi connectivity index (χ4v) is 3.83. The van der Waals surface area contributed by atoms with Gasteiger partial charge in [-0.1, -0.05) is 0 Å². The van der Waals surface area contributed by atoms with E-state index in [9.17, 15) is 9.59 Å². The highest BCUT2D eigenvalue weighted by molar-refractivity contribution is 7.17. The Bertz CT molecular complexity index is 1090. The molecule has 1 amide bonds. The molecule has 2 aromatic heterocycles. The molecule has 0 unspecified atom stereocenters. The summed E-state index contributed by atoms with van der Waals surface area (Å²) < 4.78 is 11.8. The molecule has 7 nitrogen and oxygen atoms in total. The van der Waals surface area contributed by atoms with E-state index in [4.69, 9.17) is 9.47 Å². The third-order valence-electron chi connectivity index (χ3n) is 4.43. The second kappa shape index (κ2) is 9.98. The molecule has 2 heterocycles. The second-order valence-corrected chi connectivity index (χ2v) is 7.36. The van der Waals surface area contributed by atoms with E-state index >= 15 is 0 Å². The number of rotatable bonds is 9. The number of amides is 1. The minimum absolute atomic E-state index is 0.0355. The van der Waals surface area contributed by atoms with E-state index in [0.717, 1.165) is 15.8 Å². The van der Waals surface area contributed by atoms with Gasteiger partial charge in [-0.25, -0.2) is 5.43 Å². The van der Waals surface area contributed by atoms with Gasteiger partial charge in [0.2, 0.25) is 5.91 Å². The fourth-order valence-electron chi connectivity index (χ4n) is 2.87. The molecule has 0 aliphatic carbocycles. The topological polar surface area (TPSA) is 89.9 Å². The molecule has 30 heavy (non-hydrogen) atoms. The van der Waals surface area contributed by atoms with Crippen LogP contribution in [0, 0.1) is 0 Å². The van der Waals surface area contributed by atoms with Gasteiger partial charge in [0.15, 0.2) is 17.3 Å². The first kappa shape index (κ1) is 21.4. The van der Waals surface area contributed by atoms with Gasteiger partial charge in [-0.05, 0) is 44.2 Å². The number of aromatic nitrogens is 1. The Morgan fingerprint density at radius 2 is 2.03 bits per heavy atom. The predicted octanol–water partition coefficient (Wildman–Crippen LogP) is 4.21. The highest BCUT2D eigenvalue weighted by atomic mass is 32.1. The lowest BCUT2D eigenvalue weighted by atomic mass is 10.1. The molecular weight excluding hydrogens is 402 g/mol. The van der Waals surface area contributed by atoms with Crippen molar-refractivity contribution in [1.82, 2.24) is 10.4 Å². The number of ketones is 1. The molecule has 0 saturated heterocycles. The maximum absolute atomic E-state index is 12.4. The molecule has 0 aliphatic heterocycles. The zero-order chi connectivity index (χ0) is 21.5. The van der Waals surface area contributed by atoms with Crippen LogP contribution in [0.4, 0.5) is 0 Å². The summed E-state index contributed by atoms with van der Waals surface area (Å²) in [5.41, 5.74) is 5.40. The molecule has 3 rings (SSSR count). The van der Waals surface area contributed by atoms with Crippen molar-refractivity contribution in [2.45, 2.75) is 26.7 Å². The number of nitrogens with one attached hydrogen (secondary N) is 1. The Kier molecular flexibility index (Phi) is 7.13. The normalized spacial score (nSPS) is 11.4. The number of benzene rings is 1. The second-order valence-electron chi connectivity index (χ2n) is 6.45. The summed E-state index contributed by atoms with van der Waals surface area (Å²) in [5.74, 6) is 0.590. The van der Waals surface area contributed by atoms with Crippen molar-refractivity contribution >= 4 is 39.0 Å². The average molecular weight is 426 g/mol. The van der Waals surface area contributed by atoms with Gasteiger partial charge in [0, 0.05) is 35.5 Å². The van der Waals surface area contributed by atoms with E-state index < -0.39 is 0 Å². The van der Waals surface area contributed by atoms with Gasteiger partial charge in [-0.3, -0.25) is 14.6 Å². The third kappa shape index (κ3) is 5.01. The standard InChI is InChI=1S/C22H23N3O4S/c1-4-29-18-9-7-15(12-19(18)28-3)17(26)8-10-21(27)25-24-14(2)16-13-30-20-6-5-11-23-22(16)20/h5-7,9,11-13H,4,8,10H2,1-3H3,(H,25,27)/b24-14+. The Labute approximate surface area is 178 Å². The van der Waals surface area contributed by atoms with Crippen LogP contribution >= 0.6 is 11.3 Å². The number of Topliss-reactive ketones (excluding diaryl/α,β-unsaturated/α-hetero) is 1.